The maximum absolute atomic E-state index is 6.67. The van der Waals surface area contributed by atoms with Gasteiger partial charge in [0.25, 0.3) is 8.32 Å². The fourth-order valence-corrected chi connectivity index (χ4v) is 6.71. The summed E-state index contributed by atoms with van der Waals surface area (Å²) in [4.78, 5) is 0. The van der Waals surface area contributed by atoms with Crippen LogP contribution in [0.1, 0.15) is 12.8 Å². The van der Waals surface area contributed by atoms with Gasteiger partial charge in [-0.2, -0.15) is 0 Å². The topological polar surface area (TPSA) is 18.5 Å². The van der Waals surface area contributed by atoms with Crippen LogP contribution in [0.4, 0.5) is 0 Å². The van der Waals surface area contributed by atoms with E-state index in [4.69, 9.17) is 9.16 Å². The third-order valence-corrected chi connectivity index (χ3v) is 8.06. The molecule has 0 saturated heterocycles. The van der Waals surface area contributed by atoms with Crippen molar-refractivity contribution in [3.63, 3.8) is 0 Å². The van der Waals surface area contributed by atoms with E-state index in [1.54, 1.807) is 7.11 Å². The number of rotatable bonds is 11. The molecule has 2 rings (SSSR count). The lowest BCUT2D eigenvalue weighted by Gasteiger charge is -2.30. The first-order chi connectivity index (χ1) is 12.8. The van der Waals surface area contributed by atoms with Crippen LogP contribution in [0, 0.1) is 0 Å². The van der Waals surface area contributed by atoms with Crippen molar-refractivity contribution in [1.29, 1.82) is 0 Å². The molecular formula is C23H28O2Si. The van der Waals surface area contributed by atoms with Gasteiger partial charge in [-0.05, 0) is 28.8 Å². The molecule has 26 heavy (non-hydrogen) atoms. The van der Waals surface area contributed by atoms with E-state index < -0.39 is 8.32 Å². The van der Waals surface area contributed by atoms with Gasteiger partial charge >= 0.3 is 0 Å². The molecule has 0 aliphatic heterocycles. The summed E-state index contributed by atoms with van der Waals surface area (Å²) in [5.41, 5.74) is 3.52. The summed E-state index contributed by atoms with van der Waals surface area (Å²) in [7, 11) is -0.834. The Hall–Kier alpha value is -2.20. The van der Waals surface area contributed by atoms with Crippen molar-refractivity contribution in [1.82, 2.24) is 0 Å². The number of hydrogen-bond acceptors (Lipinski definition) is 2. The summed E-state index contributed by atoms with van der Waals surface area (Å²) < 4.78 is 12.1. The Bertz CT molecular complexity index is 668. The monoisotopic (exact) mass is 364 g/mol. The normalized spacial score (nSPS) is 12.0. The number of benzene rings is 2. The van der Waals surface area contributed by atoms with Crippen molar-refractivity contribution in [2.45, 2.75) is 12.8 Å². The molecule has 2 aromatic rings. The van der Waals surface area contributed by atoms with Crippen molar-refractivity contribution in [3.05, 3.63) is 97.2 Å². The molecule has 0 heterocycles. The second-order valence-corrected chi connectivity index (χ2v) is 9.33. The largest absolute Gasteiger partial charge is 0.404 e. The second kappa shape index (κ2) is 10.7. The molecule has 0 bridgehead atoms. The highest BCUT2D eigenvalue weighted by Crippen LogP contribution is 2.16. The molecule has 2 aromatic carbocycles. The highest BCUT2D eigenvalue weighted by atomic mass is 28.4. The molecule has 0 N–H and O–H groups in total. The highest BCUT2D eigenvalue weighted by molar-refractivity contribution is 7.01. The molecule has 2 nitrogen and oxygen atoms in total. The summed E-state index contributed by atoms with van der Waals surface area (Å²) >= 11 is 0. The van der Waals surface area contributed by atoms with Gasteiger partial charge < -0.3 is 9.16 Å². The number of allylic oxidation sites excluding steroid dienone is 1. The van der Waals surface area contributed by atoms with Gasteiger partial charge in [-0.1, -0.05) is 78.5 Å². The Morgan fingerprint density at radius 1 is 0.923 bits per heavy atom. The van der Waals surface area contributed by atoms with Gasteiger partial charge in [0, 0.05) is 13.7 Å². The lowest BCUT2D eigenvalue weighted by Crippen LogP contribution is -2.60. The van der Waals surface area contributed by atoms with Crippen LogP contribution in [0.5, 0.6) is 0 Å². The van der Waals surface area contributed by atoms with Crippen LogP contribution in [-0.4, -0.2) is 28.6 Å². The van der Waals surface area contributed by atoms with Gasteiger partial charge in [-0.25, -0.2) is 0 Å². The van der Waals surface area contributed by atoms with Gasteiger partial charge in [0.2, 0.25) is 0 Å². The Labute approximate surface area is 158 Å². The molecule has 0 saturated carbocycles. The fraction of sp³-hybridized carbons (Fsp3) is 0.217. The molecule has 0 atom stereocenters. The SMILES string of the molecule is C=CCCO[Si](/C=C(\CC=C)COC)(c1ccccc1)c1ccccc1. The maximum Gasteiger partial charge on any atom is 0.280 e. The standard InChI is InChI=1S/C23H28O2Si/c1-4-6-18-25-26(22-14-9-7-10-15-22,23-16-11-8-12-17-23)20-21(13-5-2)19-24-3/h4-5,7-12,14-17,20H,1-2,6,13,18-19H2,3H3/b21-20+. The van der Waals surface area contributed by atoms with Crippen LogP contribution in [0.2, 0.25) is 0 Å². The third-order valence-electron chi connectivity index (χ3n) is 4.20. The Balaban J connectivity index is 2.64. The molecule has 0 radical (unpaired) electrons. The molecule has 0 amide bonds. The molecule has 0 aliphatic rings. The Morgan fingerprint density at radius 2 is 1.50 bits per heavy atom. The molecule has 136 valence electrons. The zero-order chi connectivity index (χ0) is 18.7. The zero-order valence-electron chi connectivity index (χ0n) is 15.6. The molecule has 0 aliphatic carbocycles. The van der Waals surface area contributed by atoms with E-state index in [2.05, 4.69) is 67.4 Å². The minimum absolute atomic E-state index is 0.575. The number of methoxy groups -OCH3 is 1. The zero-order valence-corrected chi connectivity index (χ0v) is 16.6. The van der Waals surface area contributed by atoms with E-state index in [-0.39, 0.29) is 0 Å². The summed E-state index contributed by atoms with van der Waals surface area (Å²) in [6.45, 7) is 8.95. The molecule has 0 aromatic heterocycles. The first-order valence-corrected chi connectivity index (χ1v) is 10.9. The fourth-order valence-electron chi connectivity index (χ4n) is 3.03. The van der Waals surface area contributed by atoms with Crippen LogP contribution in [-0.2, 0) is 9.16 Å². The molecule has 0 unspecified atom stereocenters. The average Bonchev–Trinajstić information content (AvgIpc) is 2.69. The van der Waals surface area contributed by atoms with Crippen molar-refractivity contribution < 1.29 is 9.16 Å². The van der Waals surface area contributed by atoms with Gasteiger partial charge in [0.15, 0.2) is 0 Å². The van der Waals surface area contributed by atoms with E-state index in [1.165, 1.54) is 15.9 Å². The van der Waals surface area contributed by atoms with E-state index >= 15 is 0 Å². The third kappa shape index (κ3) is 5.15. The average molecular weight is 365 g/mol. The first kappa shape index (κ1) is 20.1. The van der Waals surface area contributed by atoms with Crippen molar-refractivity contribution in [3.8, 4) is 0 Å². The van der Waals surface area contributed by atoms with Crippen molar-refractivity contribution in [2.24, 2.45) is 0 Å². The smallest absolute Gasteiger partial charge is 0.280 e. The first-order valence-electron chi connectivity index (χ1n) is 8.93. The molecule has 0 fully saturated rings. The van der Waals surface area contributed by atoms with E-state index in [0.717, 1.165) is 12.8 Å². The van der Waals surface area contributed by atoms with E-state index in [1.807, 2.05) is 24.3 Å². The lowest BCUT2D eigenvalue weighted by molar-refractivity contribution is 0.224. The van der Waals surface area contributed by atoms with Crippen molar-refractivity contribution >= 4 is 18.7 Å². The lowest BCUT2D eigenvalue weighted by atomic mass is 10.2. The van der Waals surface area contributed by atoms with Gasteiger partial charge in [-0.3, -0.25) is 0 Å². The van der Waals surface area contributed by atoms with Crippen LogP contribution in [0.25, 0.3) is 0 Å². The van der Waals surface area contributed by atoms with Crippen LogP contribution in [0.15, 0.2) is 97.2 Å². The maximum atomic E-state index is 6.67. The van der Waals surface area contributed by atoms with Crippen LogP contribution >= 0.6 is 0 Å². The quantitative estimate of drug-likeness (QED) is 0.340. The summed E-state index contributed by atoms with van der Waals surface area (Å²) in [6, 6.07) is 21.1. The molecule has 0 spiro atoms. The van der Waals surface area contributed by atoms with Crippen LogP contribution < -0.4 is 10.4 Å². The van der Waals surface area contributed by atoms with Gasteiger partial charge in [0.05, 0.1) is 6.61 Å². The number of hydrogen-bond donors (Lipinski definition) is 0. The van der Waals surface area contributed by atoms with E-state index in [0.29, 0.717) is 13.2 Å². The minimum atomic E-state index is -2.56. The highest BCUT2D eigenvalue weighted by Gasteiger charge is 2.37. The number of ether oxygens (including phenoxy) is 1. The molecular weight excluding hydrogens is 336 g/mol. The second-order valence-electron chi connectivity index (χ2n) is 6.12. The summed E-state index contributed by atoms with van der Waals surface area (Å²) in [5, 5.41) is 2.46. The van der Waals surface area contributed by atoms with Gasteiger partial charge in [-0.15, -0.1) is 13.2 Å². The van der Waals surface area contributed by atoms with Gasteiger partial charge in [0.1, 0.15) is 0 Å². The summed E-state index contributed by atoms with van der Waals surface area (Å²) in [6.07, 6.45) is 5.43. The van der Waals surface area contributed by atoms with E-state index in [9.17, 15) is 0 Å². The summed E-state index contributed by atoms with van der Waals surface area (Å²) in [5.74, 6) is 0. The minimum Gasteiger partial charge on any atom is -0.404 e. The Morgan fingerprint density at radius 3 is 1.96 bits per heavy atom. The predicted molar refractivity (Wildman–Crippen MR) is 113 cm³/mol. The van der Waals surface area contributed by atoms with Crippen molar-refractivity contribution in [2.75, 3.05) is 20.3 Å². The predicted octanol–water partition coefficient (Wildman–Crippen LogP) is 4.03. The molecule has 3 heteroatoms. The van der Waals surface area contributed by atoms with Crippen LogP contribution in [0.3, 0.4) is 0 Å². The Kier molecular flexibility index (Phi) is 8.29.